The summed E-state index contributed by atoms with van der Waals surface area (Å²) in [4.78, 5) is 0. The molecule has 0 atom stereocenters. The molecule has 7 heavy (non-hydrogen) atoms. The molecule has 0 aliphatic heterocycles. The Morgan fingerprint density at radius 3 is 2.14 bits per heavy atom. The van der Waals surface area contributed by atoms with Crippen molar-refractivity contribution in [3.05, 3.63) is 30.3 Å². The van der Waals surface area contributed by atoms with E-state index in [0.29, 0.717) is 24.7 Å². The average molecular weight is 170 g/mol. The second kappa shape index (κ2) is 2.42. The van der Waals surface area contributed by atoms with Crippen LogP contribution < -0.4 is 3.27 Å². The van der Waals surface area contributed by atoms with Gasteiger partial charge in [-0.15, -0.1) is 0 Å². The van der Waals surface area contributed by atoms with E-state index in [0.717, 1.165) is 0 Å². The van der Waals surface area contributed by atoms with Crippen molar-refractivity contribution in [3.63, 3.8) is 0 Å². The quantitative estimate of drug-likeness (QED) is 0.508. The Hall–Kier alpha value is 0.103. The summed E-state index contributed by atoms with van der Waals surface area (Å²) in [5.41, 5.74) is 0. The summed E-state index contributed by atoms with van der Waals surface area (Å²) in [5, 5.41) is 0. The van der Waals surface area contributed by atoms with Crippen LogP contribution in [-0.2, 0) is 24.7 Å². The van der Waals surface area contributed by atoms with E-state index in [-0.39, 0.29) is 0 Å². The van der Waals surface area contributed by atoms with E-state index in [9.17, 15) is 0 Å². The Morgan fingerprint density at radius 2 is 1.86 bits per heavy atom. The molecule has 0 aliphatic rings. The molecule has 1 aromatic rings. The van der Waals surface area contributed by atoms with Gasteiger partial charge in [-0.05, 0) is 0 Å². The van der Waals surface area contributed by atoms with E-state index in [1.165, 1.54) is 3.27 Å². The molecule has 0 aliphatic carbocycles. The van der Waals surface area contributed by atoms with Gasteiger partial charge in [0.1, 0.15) is 0 Å². The summed E-state index contributed by atoms with van der Waals surface area (Å²) in [6, 6.07) is 11.1. The third kappa shape index (κ3) is 1.56. The molecule has 1 radical (unpaired) electrons. The first-order valence-corrected chi connectivity index (χ1v) is 4.78. The Labute approximate surface area is 58.4 Å². The number of rotatable bonds is 0. The van der Waals surface area contributed by atoms with Crippen LogP contribution in [0.2, 0.25) is 0 Å². The zero-order valence-corrected chi connectivity index (χ0v) is 9.23. The number of hydrogen-bond donors (Lipinski definition) is 0. The molecule has 0 nitrogen and oxygen atoms in total. The number of hydrogen-bond acceptors (Lipinski definition) is 0. The Morgan fingerprint density at radius 1 is 1.29 bits per heavy atom. The maximum absolute atomic E-state index is 2.97. The van der Waals surface area contributed by atoms with E-state index in [4.69, 9.17) is 0 Å². The molecular weight excluding hydrogens is 163 g/mol. The minimum absolute atomic E-state index is 0.688. The predicted octanol–water partition coefficient (Wildman–Crippen LogP) is -0.144. The van der Waals surface area contributed by atoms with Gasteiger partial charge in [0.25, 0.3) is 0 Å². The van der Waals surface area contributed by atoms with Crippen molar-refractivity contribution in [2.24, 2.45) is 0 Å². The molecule has 0 fully saturated rings. The van der Waals surface area contributed by atoms with Crippen LogP contribution in [0.4, 0.5) is 0 Å². The summed E-state index contributed by atoms with van der Waals surface area (Å²) in [6.45, 7) is 0. The van der Waals surface area contributed by atoms with Gasteiger partial charge >= 0.3 is 58.3 Å². The van der Waals surface area contributed by atoms with Crippen LogP contribution >= 0.6 is 0 Å². The van der Waals surface area contributed by atoms with Gasteiger partial charge in [0.05, 0.1) is 0 Å². The van der Waals surface area contributed by atoms with Crippen LogP contribution in [0.15, 0.2) is 24.3 Å². The van der Waals surface area contributed by atoms with Gasteiger partial charge in [0.15, 0.2) is 0 Å². The summed E-state index contributed by atoms with van der Waals surface area (Å²) in [5.74, 6) is 0. The Kier molecular flexibility index (Phi) is 1.81. The van der Waals surface area contributed by atoms with Gasteiger partial charge in [-0.25, -0.2) is 0 Å². The van der Waals surface area contributed by atoms with Gasteiger partial charge < -0.3 is 0 Å². The fourth-order valence-electron chi connectivity index (χ4n) is 0.470. The average Bonchev–Trinajstić information content (AvgIpc) is 1.69. The normalized spacial score (nSPS) is 9.14. The molecule has 0 N–H and O–H groups in total. The Bertz CT molecular complexity index is 134. The zero-order valence-electron chi connectivity index (χ0n) is 4.31. The topological polar surface area (TPSA) is 0 Å². The molecule has 1 heteroatoms. The van der Waals surface area contributed by atoms with Crippen molar-refractivity contribution in [2.75, 3.05) is 0 Å². The van der Waals surface area contributed by atoms with Gasteiger partial charge in [0.2, 0.25) is 0 Å². The fraction of sp³-hybridized carbons (Fsp3) is 0. The monoisotopic (exact) mass is 169 g/mol. The summed E-state index contributed by atoms with van der Waals surface area (Å²) in [7, 11) is 0. The van der Waals surface area contributed by atoms with Crippen LogP contribution in [0.1, 0.15) is 0 Å². The summed E-state index contributed by atoms with van der Waals surface area (Å²) >= 11 is 0.688. The van der Waals surface area contributed by atoms with Crippen molar-refractivity contribution in [2.45, 2.75) is 0 Å². The molecule has 35 valence electrons. The maximum atomic E-state index is 2.97. The SMILES string of the molecule is [ZrH3][c]1cc[c]cc1. The van der Waals surface area contributed by atoms with E-state index in [1.807, 2.05) is 12.1 Å². The van der Waals surface area contributed by atoms with Crippen LogP contribution in [0.5, 0.6) is 0 Å². The van der Waals surface area contributed by atoms with Gasteiger partial charge in [-0.1, -0.05) is 0 Å². The molecular formula is C6H7Zr. The molecule has 0 unspecified atom stereocenters. The van der Waals surface area contributed by atoms with Gasteiger partial charge in [-0.3, -0.25) is 0 Å². The van der Waals surface area contributed by atoms with Crippen LogP contribution in [-0.4, -0.2) is 0 Å². The van der Waals surface area contributed by atoms with Gasteiger partial charge in [0, 0.05) is 0 Å². The first-order valence-electron chi connectivity index (χ1n) is 2.32. The van der Waals surface area contributed by atoms with Crippen molar-refractivity contribution in [1.82, 2.24) is 0 Å². The Balaban J connectivity index is 3.02. The summed E-state index contributed by atoms with van der Waals surface area (Å²) < 4.78 is 1.50. The van der Waals surface area contributed by atoms with Crippen molar-refractivity contribution >= 4 is 3.27 Å². The first-order chi connectivity index (χ1) is 3.39. The third-order valence-electron chi connectivity index (χ3n) is 0.885. The van der Waals surface area contributed by atoms with E-state index in [1.54, 1.807) is 0 Å². The predicted molar refractivity (Wildman–Crippen MR) is 29.1 cm³/mol. The molecule has 0 spiro atoms. The molecule has 0 saturated carbocycles. The van der Waals surface area contributed by atoms with E-state index >= 15 is 0 Å². The molecule has 0 saturated heterocycles. The molecule has 0 amide bonds. The molecule has 1 rings (SSSR count). The van der Waals surface area contributed by atoms with Crippen molar-refractivity contribution < 1.29 is 24.7 Å². The second-order valence-corrected chi connectivity index (χ2v) is 4.42. The fourth-order valence-corrected chi connectivity index (χ4v) is 1.29. The first kappa shape index (κ1) is 5.24. The van der Waals surface area contributed by atoms with Gasteiger partial charge in [-0.2, -0.15) is 0 Å². The van der Waals surface area contributed by atoms with Crippen LogP contribution in [0.25, 0.3) is 0 Å². The molecule has 0 heterocycles. The van der Waals surface area contributed by atoms with E-state index in [2.05, 4.69) is 18.2 Å². The van der Waals surface area contributed by atoms with Crippen molar-refractivity contribution in [3.8, 4) is 0 Å². The van der Waals surface area contributed by atoms with Crippen molar-refractivity contribution in [1.29, 1.82) is 0 Å². The van der Waals surface area contributed by atoms with E-state index < -0.39 is 0 Å². The second-order valence-electron chi connectivity index (χ2n) is 1.58. The molecule has 0 bridgehead atoms. The standard InChI is InChI=1S/C6H4.Zr.3H/c1-2-4-6-5-3-1;;;;/h1-2,5-6H;;;;. The zero-order chi connectivity index (χ0) is 5.11. The minimum atomic E-state index is 0.688. The van der Waals surface area contributed by atoms with Crippen LogP contribution in [0, 0.1) is 6.07 Å². The molecule has 1 aromatic carbocycles. The molecule has 0 aromatic heterocycles. The third-order valence-corrected chi connectivity index (χ3v) is 2.52. The van der Waals surface area contributed by atoms with Crippen LogP contribution in [0.3, 0.4) is 0 Å². The number of benzene rings is 1. The summed E-state index contributed by atoms with van der Waals surface area (Å²) in [6.07, 6.45) is 0.